The summed E-state index contributed by atoms with van der Waals surface area (Å²) < 4.78 is 32.9. The molecule has 1 aromatic rings. The monoisotopic (exact) mass is 312 g/mol. The molecule has 1 saturated heterocycles. The van der Waals surface area contributed by atoms with E-state index in [1.165, 1.54) is 0 Å². The standard InChI is InChI=1S/C15H24N2O3S/c1-3-10-16-21(18,19)15-9-5-4-7-13(15)17-12(2)14-8-6-11-20-14/h4-5,7,9,12,14,16-17H,3,6,8,10-11H2,1-2H3. The number of rotatable bonds is 7. The van der Waals surface area contributed by atoms with E-state index < -0.39 is 10.0 Å². The molecule has 1 aliphatic heterocycles. The minimum absolute atomic E-state index is 0.0787. The van der Waals surface area contributed by atoms with Crippen molar-refractivity contribution < 1.29 is 13.2 Å². The zero-order valence-corrected chi connectivity index (χ0v) is 13.4. The van der Waals surface area contributed by atoms with Crippen molar-refractivity contribution in [3.05, 3.63) is 24.3 Å². The lowest BCUT2D eigenvalue weighted by atomic mass is 10.1. The smallest absolute Gasteiger partial charge is 0.242 e. The van der Waals surface area contributed by atoms with E-state index in [-0.39, 0.29) is 12.1 Å². The van der Waals surface area contributed by atoms with E-state index in [2.05, 4.69) is 10.0 Å². The highest BCUT2D eigenvalue weighted by atomic mass is 32.2. The lowest BCUT2D eigenvalue weighted by molar-refractivity contribution is 0.0996. The molecule has 21 heavy (non-hydrogen) atoms. The van der Waals surface area contributed by atoms with E-state index >= 15 is 0 Å². The van der Waals surface area contributed by atoms with Crippen LogP contribution >= 0.6 is 0 Å². The first-order valence-corrected chi connectivity index (χ1v) is 8.99. The van der Waals surface area contributed by atoms with Crippen molar-refractivity contribution in [1.29, 1.82) is 0 Å². The molecule has 0 radical (unpaired) electrons. The third-order valence-electron chi connectivity index (χ3n) is 3.62. The Labute approximate surface area is 127 Å². The van der Waals surface area contributed by atoms with Crippen LogP contribution in [0, 0.1) is 0 Å². The minimum Gasteiger partial charge on any atom is -0.379 e. The number of ether oxygens (including phenoxy) is 1. The summed E-state index contributed by atoms with van der Waals surface area (Å²) in [5, 5.41) is 3.29. The van der Waals surface area contributed by atoms with Gasteiger partial charge in [0.2, 0.25) is 10.0 Å². The van der Waals surface area contributed by atoms with Gasteiger partial charge in [-0.3, -0.25) is 0 Å². The molecule has 1 aromatic carbocycles. The molecule has 6 heteroatoms. The molecule has 0 aliphatic carbocycles. The van der Waals surface area contributed by atoms with E-state index in [4.69, 9.17) is 4.74 Å². The van der Waals surface area contributed by atoms with Gasteiger partial charge in [0.15, 0.2) is 0 Å². The number of anilines is 1. The molecular weight excluding hydrogens is 288 g/mol. The van der Waals surface area contributed by atoms with Crippen molar-refractivity contribution in [3.8, 4) is 0 Å². The summed E-state index contributed by atoms with van der Waals surface area (Å²) >= 11 is 0. The highest BCUT2D eigenvalue weighted by Gasteiger charge is 2.24. The second-order valence-corrected chi connectivity index (χ2v) is 7.11. The Kier molecular flexibility index (Phi) is 5.61. The maximum Gasteiger partial charge on any atom is 0.242 e. The molecule has 118 valence electrons. The van der Waals surface area contributed by atoms with Gasteiger partial charge >= 0.3 is 0 Å². The van der Waals surface area contributed by atoms with Gasteiger partial charge in [-0.15, -0.1) is 0 Å². The topological polar surface area (TPSA) is 67.4 Å². The van der Waals surface area contributed by atoms with Gasteiger partial charge in [-0.2, -0.15) is 0 Å². The molecule has 1 aliphatic rings. The summed E-state index contributed by atoms with van der Waals surface area (Å²) in [5.74, 6) is 0. The summed E-state index contributed by atoms with van der Waals surface area (Å²) in [6.45, 7) is 5.19. The van der Waals surface area contributed by atoms with Crippen molar-refractivity contribution in [2.24, 2.45) is 0 Å². The van der Waals surface area contributed by atoms with Gasteiger partial charge in [0.25, 0.3) is 0 Å². The summed E-state index contributed by atoms with van der Waals surface area (Å²) in [6.07, 6.45) is 2.98. The van der Waals surface area contributed by atoms with Crippen LogP contribution in [-0.2, 0) is 14.8 Å². The van der Waals surface area contributed by atoms with Crippen LogP contribution in [0.2, 0.25) is 0 Å². The molecular formula is C15H24N2O3S. The Morgan fingerprint density at radius 1 is 1.38 bits per heavy atom. The number of benzene rings is 1. The van der Waals surface area contributed by atoms with E-state index in [9.17, 15) is 8.42 Å². The Balaban J connectivity index is 2.16. The molecule has 1 heterocycles. The van der Waals surface area contributed by atoms with Crippen LogP contribution in [-0.4, -0.2) is 33.7 Å². The lowest BCUT2D eigenvalue weighted by Gasteiger charge is -2.22. The SMILES string of the molecule is CCCNS(=O)(=O)c1ccccc1NC(C)C1CCCO1. The van der Waals surface area contributed by atoms with Crippen molar-refractivity contribution in [3.63, 3.8) is 0 Å². The Morgan fingerprint density at radius 3 is 2.81 bits per heavy atom. The number of sulfonamides is 1. The lowest BCUT2D eigenvalue weighted by Crippen LogP contribution is -2.31. The second-order valence-electron chi connectivity index (χ2n) is 5.38. The van der Waals surface area contributed by atoms with Crippen LogP contribution in [0.3, 0.4) is 0 Å². The highest BCUT2D eigenvalue weighted by Crippen LogP contribution is 2.24. The van der Waals surface area contributed by atoms with Gasteiger partial charge in [-0.25, -0.2) is 13.1 Å². The first-order valence-electron chi connectivity index (χ1n) is 7.51. The second kappa shape index (κ2) is 7.24. The average Bonchev–Trinajstić information content (AvgIpc) is 3.00. The average molecular weight is 312 g/mol. The third kappa shape index (κ3) is 4.18. The first-order chi connectivity index (χ1) is 10.0. The minimum atomic E-state index is -3.48. The molecule has 0 spiro atoms. The van der Waals surface area contributed by atoms with Crippen LogP contribution in [0.4, 0.5) is 5.69 Å². The predicted octanol–water partition coefficient (Wildman–Crippen LogP) is 2.35. The van der Waals surface area contributed by atoms with Gasteiger partial charge in [0.05, 0.1) is 11.8 Å². The fourth-order valence-electron chi connectivity index (χ4n) is 2.47. The molecule has 5 nitrogen and oxygen atoms in total. The van der Waals surface area contributed by atoms with E-state index in [0.29, 0.717) is 17.1 Å². The van der Waals surface area contributed by atoms with Crippen molar-refractivity contribution >= 4 is 15.7 Å². The fourth-order valence-corrected chi connectivity index (χ4v) is 3.77. The maximum atomic E-state index is 12.3. The summed E-state index contributed by atoms with van der Waals surface area (Å²) in [5.41, 5.74) is 0.629. The predicted molar refractivity (Wildman–Crippen MR) is 84.0 cm³/mol. The Morgan fingerprint density at radius 2 is 2.14 bits per heavy atom. The Hall–Kier alpha value is -1.11. The van der Waals surface area contributed by atoms with Crippen LogP contribution in [0.5, 0.6) is 0 Å². The molecule has 2 unspecified atom stereocenters. The van der Waals surface area contributed by atoms with Gasteiger partial charge in [0.1, 0.15) is 4.90 Å². The molecule has 2 atom stereocenters. The van der Waals surface area contributed by atoms with Gasteiger partial charge < -0.3 is 10.1 Å². The van der Waals surface area contributed by atoms with Crippen molar-refractivity contribution in [2.45, 2.75) is 50.2 Å². The number of para-hydroxylation sites is 1. The van der Waals surface area contributed by atoms with Gasteiger partial charge in [-0.05, 0) is 38.3 Å². The number of nitrogens with one attached hydrogen (secondary N) is 2. The number of hydrogen-bond donors (Lipinski definition) is 2. The quantitative estimate of drug-likeness (QED) is 0.811. The summed E-state index contributed by atoms with van der Waals surface area (Å²) in [4.78, 5) is 0.295. The molecule has 0 saturated carbocycles. The molecule has 1 fully saturated rings. The summed E-state index contributed by atoms with van der Waals surface area (Å²) in [6, 6.07) is 7.08. The maximum absolute atomic E-state index is 12.3. The fraction of sp³-hybridized carbons (Fsp3) is 0.600. The molecule has 0 aromatic heterocycles. The van der Waals surface area contributed by atoms with Crippen molar-refractivity contribution in [2.75, 3.05) is 18.5 Å². The van der Waals surface area contributed by atoms with Crippen LogP contribution in [0.1, 0.15) is 33.1 Å². The molecule has 0 bridgehead atoms. The van der Waals surface area contributed by atoms with Crippen LogP contribution in [0.25, 0.3) is 0 Å². The van der Waals surface area contributed by atoms with Gasteiger partial charge in [0, 0.05) is 19.2 Å². The van der Waals surface area contributed by atoms with E-state index in [0.717, 1.165) is 25.9 Å². The first kappa shape index (κ1) is 16.3. The summed E-state index contributed by atoms with van der Waals surface area (Å²) in [7, 11) is -3.48. The normalized spacial score (nSPS) is 20.4. The van der Waals surface area contributed by atoms with Crippen molar-refractivity contribution in [1.82, 2.24) is 4.72 Å². The van der Waals surface area contributed by atoms with Crippen LogP contribution < -0.4 is 10.0 Å². The third-order valence-corrected chi connectivity index (χ3v) is 5.14. The van der Waals surface area contributed by atoms with E-state index in [1.807, 2.05) is 19.9 Å². The molecule has 0 amide bonds. The largest absolute Gasteiger partial charge is 0.379 e. The van der Waals surface area contributed by atoms with E-state index in [1.54, 1.807) is 18.2 Å². The van der Waals surface area contributed by atoms with Gasteiger partial charge in [-0.1, -0.05) is 19.1 Å². The zero-order chi connectivity index (χ0) is 15.3. The molecule has 2 rings (SSSR count). The number of hydrogen-bond acceptors (Lipinski definition) is 4. The Bertz CT molecular complexity index is 554. The zero-order valence-electron chi connectivity index (χ0n) is 12.6. The molecule has 2 N–H and O–H groups in total. The van der Waals surface area contributed by atoms with Crippen LogP contribution in [0.15, 0.2) is 29.2 Å². The highest BCUT2D eigenvalue weighted by molar-refractivity contribution is 7.89.